The molecule has 0 aromatic heterocycles. The average molecular weight is 335 g/mol. The van der Waals surface area contributed by atoms with E-state index < -0.39 is 18.4 Å². The van der Waals surface area contributed by atoms with Crippen molar-refractivity contribution in [2.75, 3.05) is 14.2 Å². The highest BCUT2D eigenvalue weighted by atomic mass is 19.3. The van der Waals surface area contributed by atoms with Gasteiger partial charge in [-0.15, -0.1) is 0 Å². The zero-order valence-electron chi connectivity index (χ0n) is 13.5. The van der Waals surface area contributed by atoms with Gasteiger partial charge in [0.05, 0.1) is 20.3 Å². The zero-order valence-corrected chi connectivity index (χ0v) is 13.5. The standard InChI is InChI=1S/C18H19F2NO3/c1-23-15-9-8-12(11-16(15)24-2)10-14(21-18(22)17(19)20)13-6-4-3-5-7-13/h3-9,11,14,17H,10H2,1-2H3,(H,21,22)/t14-/m1/s1. The van der Waals surface area contributed by atoms with Crippen molar-refractivity contribution in [3.8, 4) is 11.5 Å². The summed E-state index contributed by atoms with van der Waals surface area (Å²) in [6.45, 7) is 0. The van der Waals surface area contributed by atoms with Crippen LogP contribution in [0.2, 0.25) is 0 Å². The van der Waals surface area contributed by atoms with E-state index in [9.17, 15) is 13.6 Å². The van der Waals surface area contributed by atoms with Gasteiger partial charge in [-0.25, -0.2) is 0 Å². The molecule has 1 atom stereocenters. The van der Waals surface area contributed by atoms with E-state index in [-0.39, 0.29) is 0 Å². The fourth-order valence-electron chi connectivity index (χ4n) is 2.42. The van der Waals surface area contributed by atoms with Crippen LogP contribution in [0.1, 0.15) is 17.2 Å². The number of hydrogen-bond acceptors (Lipinski definition) is 3. The number of carbonyl (C=O) groups is 1. The lowest BCUT2D eigenvalue weighted by Gasteiger charge is -2.20. The van der Waals surface area contributed by atoms with E-state index in [4.69, 9.17) is 9.47 Å². The molecule has 0 bridgehead atoms. The van der Waals surface area contributed by atoms with Crippen molar-refractivity contribution in [1.82, 2.24) is 5.32 Å². The third kappa shape index (κ3) is 4.44. The van der Waals surface area contributed by atoms with Gasteiger partial charge < -0.3 is 14.8 Å². The van der Waals surface area contributed by atoms with Crippen LogP contribution in [0.5, 0.6) is 11.5 Å². The summed E-state index contributed by atoms with van der Waals surface area (Å²) in [5.41, 5.74) is 1.58. The summed E-state index contributed by atoms with van der Waals surface area (Å²) in [4.78, 5) is 11.4. The van der Waals surface area contributed by atoms with Gasteiger partial charge in [0.1, 0.15) is 0 Å². The number of amides is 1. The quantitative estimate of drug-likeness (QED) is 0.844. The Bertz CT molecular complexity index is 677. The van der Waals surface area contributed by atoms with Crippen LogP contribution in [0.25, 0.3) is 0 Å². The first-order valence-corrected chi connectivity index (χ1v) is 7.39. The van der Waals surface area contributed by atoms with Gasteiger partial charge in [-0.1, -0.05) is 36.4 Å². The Balaban J connectivity index is 2.26. The van der Waals surface area contributed by atoms with Gasteiger partial charge in [0.2, 0.25) is 0 Å². The predicted octanol–water partition coefficient (Wildman–Crippen LogP) is 3.37. The Morgan fingerprint density at radius 2 is 1.71 bits per heavy atom. The van der Waals surface area contributed by atoms with Crippen LogP contribution < -0.4 is 14.8 Å². The minimum absolute atomic E-state index is 0.350. The summed E-state index contributed by atoms with van der Waals surface area (Å²) in [6.07, 6.45) is -2.70. The number of benzene rings is 2. The molecule has 2 aromatic rings. The topological polar surface area (TPSA) is 47.6 Å². The number of ether oxygens (including phenoxy) is 2. The molecule has 4 nitrogen and oxygen atoms in total. The van der Waals surface area contributed by atoms with Crippen molar-refractivity contribution in [3.05, 3.63) is 59.7 Å². The lowest BCUT2D eigenvalue weighted by molar-refractivity contribution is -0.132. The minimum atomic E-state index is -3.05. The molecule has 6 heteroatoms. The van der Waals surface area contributed by atoms with E-state index in [0.29, 0.717) is 17.9 Å². The molecule has 24 heavy (non-hydrogen) atoms. The number of halogens is 2. The fourth-order valence-corrected chi connectivity index (χ4v) is 2.42. The molecule has 0 heterocycles. The third-order valence-electron chi connectivity index (χ3n) is 3.60. The number of carbonyl (C=O) groups excluding carboxylic acids is 1. The molecule has 0 fully saturated rings. The second-order valence-corrected chi connectivity index (χ2v) is 5.17. The summed E-state index contributed by atoms with van der Waals surface area (Å²) in [7, 11) is 3.06. The van der Waals surface area contributed by atoms with E-state index in [1.807, 2.05) is 12.1 Å². The monoisotopic (exact) mass is 335 g/mol. The maximum Gasteiger partial charge on any atom is 0.315 e. The highest BCUT2D eigenvalue weighted by Crippen LogP contribution is 2.29. The highest BCUT2D eigenvalue weighted by molar-refractivity contribution is 5.79. The van der Waals surface area contributed by atoms with Crippen LogP contribution in [0.15, 0.2) is 48.5 Å². The molecule has 2 rings (SSSR count). The van der Waals surface area contributed by atoms with Gasteiger partial charge in [-0.2, -0.15) is 8.78 Å². The Kier molecular flexibility index (Phi) is 6.12. The molecule has 0 radical (unpaired) electrons. The van der Waals surface area contributed by atoms with E-state index in [0.717, 1.165) is 11.1 Å². The maximum absolute atomic E-state index is 12.6. The first-order valence-electron chi connectivity index (χ1n) is 7.39. The molecule has 1 amide bonds. The van der Waals surface area contributed by atoms with Crippen LogP contribution >= 0.6 is 0 Å². The van der Waals surface area contributed by atoms with Gasteiger partial charge in [0.25, 0.3) is 5.91 Å². The number of alkyl halides is 2. The lowest BCUT2D eigenvalue weighted by atomic mass is 9.98. The van der Waals surface area contributed by atoms with Gasteiger partial charge in [-0.05, 0) is 29.7 Å². The van der Waals surface area contributed by atoms with Crippen molar-refractivity contribution >= 4 is 5.91 Å². The van der Waals surface area contributed by atoms with Crippen LogP contribution in [0.3, 0.4) is 0 Å². The van der Waals surface area contributed by atoms with Gasteiger partial charge in [-0.3, -0.25) is 4.79 Å². The summed E-state index contributed by atoms with van der Waals surface area (Å²) >= 11 is 0. The van der Waals surface area contributed by atoms with E-state index in [2.05, 4.69) is 5.32 Å². The highest BCUT2D eigenvalue weighted by Gasteiger charge is 2.21. The average Bonchev–Trinajstić information content (AvgIpc) is 2.61. The fraction of sp³-hybridized carbons (Fsp3) is 0.278. The molecule has 0 unspecified atom stereocenters. The Morgan fingerprint density at radius 3 is 2.29 bits per heavy atom. The smallest absolute Gasteiger partial charge is 0.315 e. The van der Waals surface area contributed by atoms with Crippen molar-refractivity contribution in [1.29, 1.82) is 0 Å². The van der Waals surface area contributed by atoms with E-state index in [1.54, 1.807) is 36.4 Å². The number of methoxy groups -OCH3 is 2. The molecule has 0 spiro atoms. The summed E-state index contributed by atoms with van der Waals surface area (Å²) in [5.74, 6) is -0.166. The minimum Gasteiger partial charge on any atom is -0.493 e. The van der Waals surface area contributed by atoms with Gasteiger partial charge in [0, 0.05) is 0 Å². The van der Waals surface area contributed by atoms with Crippen LogP contribution in [-0.4, -0.2) is 26.6 Å². The lowest BCUT2D eigenvalue weighted by Crippen LogP contribution is -2.34. The molecular formula is C18H19F2NO3. The Labute approximate surface area is 139 Å². The van der Waals surface area contributed by atoms with Crippen LogP contribution in [0.4, 0.5) is 8.78 Å². The molecule has 0 aliphatic rings. The van der Waals surface area contributed by atoms with Crippen molar-refractivity contribution < 1.29 is 23.0 Å². The molecule has 0 aliphatic heterocycles. The molecule has 0 aliphatic carbocycles. The maximum atomic E-state index is 12.6. The van der Waals surface area contributed by atoms with Crippen molar-refractivity contribution in [2.45, 2.75) is 18.9 Å². The zero-order chi connectivity index (χ0) is 17.5. The van der Waals surface area contributed by atoms with Crippen LogP contribution in [0, 0.1) is 0 Å². The molecule has 0 saturated heterocycles. The first-order chi connectivity index (χ1) is 11.5. The number of hydrogen-bond donors (Lipinski definition) is 1. The summed E-state index contributed by atoms with van der Waals surface area (Å²) in [6, 6.07) is 13.8. The van der Waals surface area contributed by atoms with Crippen molar-refractivity contribution in [3.63, 3.8) is 0 Å². The molecule has 0 saturated carbocycles. The number of rotatable bonds is 7. The second-order valence-electron chi connectivity index (χ2n) is 5.17. The third-order valence-corrected chi connectivity index (χ3v) is 3.60. The normalized spacial score (nSPS) is 11.9. The molecule has 2 aromatic carbocycles. The first kappa shape index (κ1) is 17.7. The van der Waals surface area contributed by atoms with E-state index in [1.165, 1.54) is 14.2 Å². The Hall–Kier alpha value is -2.63. The van der Waals surface area contributed by atoms with Gasteiger partial charge in [0.15, 0.2) is 11.5 Å². The van der Waals surface area contributed by atoms with Crippen molar-refractivity contribution in [2.24, 2.45) is 0 Å². The summed E-state index contributed by atoms with van der Waals surface area (Å²) < 4.78 is 35.7. The van der Waals surface area contributed by atoms with E-state index >= 15 is 0 Å². The molecular weight excluding hydrogens is 316 g/mol. The number of nitrogens with one attached hydrogen (secondary N) is 1. The summed E-state index contributed by atoms with van der Waals surface area (Å²) in [5, 5.41) is 2.39. The Morgan fingerprint density at radius 1 is 1.04 bits per heavy atom. The molecule has 1 N–H and O–H groups in total. The van der Waals surface area contributed by atoms with Gasteiger partial charge >= 0.3 is 6.43 Å². The second kappa shape index (κ2) is 8.29. The van der Waals surface area contributed by atoms with Crippen LogP contribution in [-0.2, 0) is 11.2 Å². The molecule has 128 valence electrons. The predicted molar refractivity (Wildman–Crippen MR) is 86.6 cm³/mol. The largest absolute Gasteiger partial charge is 0.493 e. The SMILES string of the molecule is COc1ccc(C[C@@H](NC(=O)C(F)F)c2ccccc2)cc1OC.